The lowest BCUT2D eigenvalue weighted by molar-refractivity contribution is -0.125. The minimum Gasteiger partial charge on any atom is -0.371 e. The molecule has 4 nitrogen and oxygen atoms in total. The van der Waals surface area contributed by atoms with Crippen LogP contribution in [0.3, 0.4) is 0 Å². The fraction of sp³-hybridized carbons (Fsp3) is 0.435. The van der Waals surface area contributed by atoms with Crippen LogP contribution in [0.25, 0.3) is 0 Å². The minimum absolute atomic E-state index is 0.0257. The van der Waals surface area contributed by atoms with Gasteiger partial charge in [-0.05, 0) is 62.6 Å². The maximum atomic E-state index is 13.0. The summed E-state index contributed by atoms with van der Waals surface area (Å²) in [6.45, 7) is 5.26. The van der Waals surface area contributed by atoms with Gasteiger partial charge in [-0.2, -0.15) is 0 Å². The molecular formula is C23H30FN3O. The topological polar surface area (TPSA) is 35.6 Å². The van der Waals surface area contributed by atoms with Crippen molar-refractivity contribution in [3.8, 4) is 0 Å². The Bertz CT molecular complexity index is 772. The first kappa shape index (κ1) is 20.3. The fourth-order valence-electron chi connectivity index (χ4n) is 3.63. The molecule has 0 aromatic heterocycles. The molecule has 150 valence electrons. The van der Waals surface area contributed by atoms with Crippen molar-refractivity contribution < 1.29 is 9.18 Å². The molecule has 0 bridgehead atoms. The Kier molecular flexibility index (Phi) is 7.04. The van der Waals surface area contributed by atoms with Gasteiger partial charge < -0.3 is 10.2 Å². The van der Waals surface area contributed by atoms with Crippen molar-refractivity contribution in [2.24, 2.45) is 0 Å². The van der Waals surface area contributed by atoms with E-state index in [1.807, 2.05) is 14.0 Å². The third-order valence-corrected chi connectivity index (χ3v) is 5.53. The van der Waals surface area contributed by atoms with Crippen LogP contribution in [0.5, 0.6) is 0 Å². The highest BCUT2D eigenvalue weighted by Crippen LogP contribution is 2.25. The van der Waals surface area contributed by atoms with Crippen molar-refractivity contribution in [1.82, 2.24) is 10.2 Å². The zero-order chi connectivity index (χ0) is 19.9. The van der Waals surface area contributed by atoms with E-state index in [0.717, 1.165) is 25.2 Å². The van der Waals surface area contributed by atoms with E-state index in [4.69, 9.17) is 0 Å². The van der Waals surface area contributed by atoms with Gasteiger partial charge in [0, 0.05) is 31.9 Å². The molecule has 5 heteroatoms. The smallest absolute Gasteiger partial charge is 0.237 e. The first-order chi connectivity index (χ1) is 13.5. The average Bonchev–Trinajstić information content (AvgIpc) is 2.73. The number of halogens is 1. The number of carbonyl (C=O) groups excluding carboxylic acids is 1. The number of likely N-dealkylation sites (N-methyl/N-ethyl adjacent to an activating group) is 1. The van der Waals surface area contributed by atoms with Crippen molar-refractivity contribution in [2.45, 2.75) is 45.3 Å². The molecule has 0 unspecified atom stereocenters. The molecule has 1 heterocycles. The van der Waals surface area contributed by atoms with Crippen molar-refractivity contribution in [3.05, 3.63) is 65.5 Å². The minimum atomic E-state index is -0.268. The first-order valence-electron chi connectivity index (χ1n) is 10.1. The van der Waals surface area contributed by atoms with Crippen molar-refractivity contribution in [2.75, 3.05) is 25.0 Å². The van der Waals surface area contributed by atoms with Crippen LogP contribution in [-0.2, 0) is 17.9 Å². The zero-order valence-corrected chi connectivity index (χ0v) is 16.8. The quantitative estimate of drug-likeness (QED) is 0.786. The van der Waals surface area contributed by atoms with E-state index < -0.39 is 0 Å². The Hall–Kier alpha value is -2.40. The van der Waals surface area contributed by atoms with Crippen LogP contribution in [0.15, 0.2) is 48.5 Å². The molecule has 1 aliphatic rings. The number of rotatable bonds is 7. The van der Waals surface area contributed by atoms with Gasteiger partial charge in [-0.3, -0.25) is 9.69 Å². The summed E-state index contributed by atoms with van der Waals surface area (Å²) in [6, 6.07) is 14.5. The SMILES string of the molecule is C[C@@H](C(=O)NCc1ccc(F)cc1)N(C)Cc1ccccc1N1CCCCC1. The second-order valence-electron chi connectivity index (χ2n) is 7.61. The Morgan fingerprint density at radius 1 is 1.11 bits per heavy atom. The largest absolute Gasteiger partial charge is 0.371 e. The standard InChI is InChI=1S/C23H30FN3O/c1-18(23(28)25-16-19-10-12-21(24)13-11-19)26(2)17-20-8-4-5-9-22(20)27-14-6-3-7-15-27/h4-5,8-13,18H,3,6-7,14-17H2,1-2H3,(H,25,28)/t18-/m0/s1. The highest BCUT2D eigenvalue weighted by molar-refractivity contribution is 5.81. The summed E-state index contributed by atoms with van der Waals surface area (Å²) < 4.78 is 13.0. The number of amides is 1. The summed E-state index contributed by atoms with van der Waals surface area (Å²) in [4.78, 5) is 17.1. The van der Waals surface area contributed by atoms with Crippen molar-refractivity contribution >= 4 is 11.6 Å². The van der Waals surface area contributed by atoms with Gasteiger partial charge in [0.1, 0.15) is 5.82 Å². The molecule has 2 aromatic carbocycles. The number of hydrogen-bond donors (Lipinski definition) is 1. The number of anilines is 1. The Morgan fingerprint density at radius 3 is 2.50 bits per heavy atom. The molecular weight excluding hydrogens is 353 g/mol. The number of benzene rings is 2. The van der Waals surface area contributed by atoms with Crippen LogP contribution in [-0.4, -0.2) is 37.0 Å². The lowest BCUT2D eigenvalue weighted by Crippen LogP contribution is -2.42. The maximum absolute atomic E-state index is 13.0. The molecule has 0 radical (unpaired) electrons. The molecule has 2 aromatic rings. The Labute approximate surface area is 167 Å². The van der Waals surface area contributed by atoms with Gasteiger partial charge in [0.05, 0.1) is 6.04 Å². The molecule has 1 N–H and O–H groups in total. The molecule has 1 saturated heterocycles. The zero-order valence-electron chi connectivity index (χ0n) is 16.8. The fourth-order valence-corrected chi connectivity index (χ4v) is 3.63. The van der Waals surface area contributed by atoms with Crippen LogP contribution in [0.4, 0.5) is 10.1 Å². The molecule has 0 saturated carbocycles. The number of carbonyl (C=O) groups is 1. The second-order valence-corrected chi connectivity index (χ2v) is 7.61. The lowest BCUT2D eigenvalue weighted by Gasteiger charge is -2.32. The summed E-state index contributed by atoms with van der Waals surface area (Å²) in [5, 5.41) is 2.95. The summed E-state index contributed by atoms with van der Waals surface area (Å²) in [6.07, 6.45) is 3.79. The molecule has 1 fully saturated rings. The number of hydrogen-bond acceptors (Lipinski definition) is 3. The van der Waals surface area contributed by atoms with E-state index in [0.29, 0.717) is 6.54 Å². The van der Waals surface area contributed by atoms with E-state index in [1.165, 1.54) is 42.6 Å². The maximum Gasteiger partial charge on any atom is 0.237 e. The van der Waals surface area contributed by atoms with Crippen LogP contribution in [0.2, 0.25) is 0 Å². The Morgan fingerprint density at radius 2 is 1.79 bits per heavy atom. The van der Waals surface area contributed by atoms with Gasteiger partial charge in [-0.25, -0.2) is 4.39 Å². The highest BCUT2D eigenvalue weighted by Gasteiger charge is 2.20. The number of nitrogens with one attached hydrogen (secondary N) is 1. The summed E-state index contributed by atoms with van der Waals surface area (Å²) in [7, 11) is 1.98. The molecule has 28 heavy (non-hydrogen) atoms. The number of nitrogens with zero attached hydrogens (tertiary/aromatic N) is 2. The second kappa shape index (κ2) is 9.69. The summed E-state index contributed by atoms with van der Waals surface area (Å²) in [5.41, 5.74) is 3.43. The molecule has 1 aliphatic heterocycles. The van der Waals surface area contributed by atoms with Gasteiger partial charge in [-0.1, -0.05) is 30.3 Å². The normalized spacial score (nSPS) is 15.5. The van der Waals surface area contributed by atoms with Crippen molar-refractivity contribution in [3.63, 3.8) is 0 Å². The predicted molar refractivity (Wildman–Crippen MR) is 112 cm³/mol. The lowest BCUT2D eigenvalue weighted by atomic mass is 10.1. The van der Waals surface area contributed by atoms with Crippen LogP contribution in [0.1, 0.15) is 37.3 Å². The molecule has 1 amide bonds. The molecule has 1 atom stereocenters. The monoisotopic (exact) mass is 383 g/mol. The predicted octanol–water partition coefficient (Wildman–Crippen LogP) is 3.95. The summed E-state index contributed by atoms with van der Waals surface area (Å²) in [5.74, 6) is -0.294. The first-order valence-corrected chi connectivity index (χ1v) is 10.1. The number of piperidine rings is 1. The average molecular weight is 384 g/mol. The Balaban J connectivity index is 1.58. The van der Waals surface area contributed by atoms with Gasteiger partial charge in [0.2, 0.25) is 5.91 Å². The van der Waals surface area contributed by atoms with E-state index in [-0.39, 0.29) is 17.8 Å². The van der Waals surface area contributed by atoms with Gasteiger partial charge in [0.25, 0.3) is 0 Å². The van der Waals surface area contributed by atoms with Crippen LogP contribution in [0, 0.1) is 5.82 Å². The number of para-hydroxylation sites is 1. The van der Waals surface area contributed by atoms with Crippen LogP contribution < -0.4 is 10.2 Å². The summed E-state index contributed by atoms with van der Waals surface area (Å²) >= 11 is 0. The highest BCUT2D eigenvalue weighted by atomic mass is 19.1. The van der Waals surface area contributed by atoms with E-state index in [2.05, 4.69) is 39.4 Å². The van der Waals surface area contributed by atoms with E-state index in [1.54, 1.807) is 12.1 Å². The third-order valence-electron chi connectivity index (χ3n) is 5.53. The van der Waals surface area contributed by atoms with Gasteiger partial charge >= 0.3 is 0 Å². The molecule has 3 rings (SSSR count). The van der Waals surface area contributed by atoms with E-state index in [9.17, 15) is 9.18 Å². The third kappa shape index (κ3) is 5.32. The van der Waals surface area contributed by atoms with Crippen molar-refractivity contribution in [1.29, 1.82) is 0 Å². The van der Waals surface area contributed by atoms with Gasteiger partial charge in [0.15, 0.2) is 0 Å². The molecule has 0 spiro atoms. The van der Waals surface area contributed by atoms with E-state index >= 15 is 0 Å². The van der Waals surface area contributed by atoms with Gasteiger partial charge in [-0.15, -0.1) is 0 Å². The van der Waals surface area contributed by atoms with Crippen LogP contribution >= 0.6 is 0 Å². The molecule has 0 aliphatic carbocycles.